The highest BCUT2D eigenvalue weighted by molar-refractivity contribution is 5.90. The average molecular weight is 371 g/mol. The molecule has 0 aromatic heterocycles. The first kappa shape index (κ1) is 20.5. The lowest BCUT2D eigenvalue weighted by atomic mass is 9.99. The fourth-order valence-corrected chi connectivity index (χ4v) is 2.52. The van der Waals surface area contributed by atoms with Gasteiger partial charge in [0.15, 0.2) is 0 Å². The Morgan fingerprint density at radius 1 is 1.11 bits per heavy atom. The van der Waals surface area contributed by atoms with Crippen LogP contribution in [0.15, 0.2) is 60.7 Å². The summed E-state index contributed by atoms with van der Waals surface area (Å²) in [6.45, 7) is 8.70. The highest BCUT2D eigenvalue weighted by Gasteiger charge is 2.22. The van der Waals surface area contributed by atoms with Crippen LogP contribution in [-0.4, -0.2) is 19.2 Å². The van der Waals surface area contributed by atoms with Crippen molar-refractivity contribution in [2.45, 2.75) is 32.7 Å². The molecule has 0 fully saturated rings. The van der Waals surface area contributed by atoms with E-state index in [4.69, 9.17) is 9.47 Å². The molecule has 1 atom stereocenters. The van der Waals surface area contributed by atoms with Crippen molar-refractivity contribution in [1.82, 2.24) is 0 Å². The van der Waals surface area contributed by atoms with Gasteiger partial charge in [-0.25, -0.2) is 9.18 Å². The zero-order chi connectivity index (χ0) is 19.6. The summed E-state index contributed by atoms with van der Waals surface area (Å²) in [4.78, 5) is 12.2. The Morgan fingerprint density at radius 2 is 1.78 bits per heavy atom. The van der Waals surface area contributed by atoms with E-state index >= 15 is 0 Å². The van der Waals surface area contributed by atoms with Crippen molar-refractivity contribution in [3.8, 4) is 5.75 Å². The second-order valence-corrected chi connectivity index (χ2v) is 6.10. The summed E-state index contributed by atoms with van der Waals surface area (Å²) in [5.41, 5.74) is 1.79. The van der Waals surface area contributed by atoms with Gasteiger partial charge < -0.3 is 14.8 Å². The summed E-state index contributed by atoms with van der Waals surface area (Å²) >= 11 is 0. The highest BCUT2D eigenvalue weighted by Crippen LogP contribution is 2.28. The SMILES string of the molecule is C=C(C(=O)OCC)C(Nc1ccc(F)cc1)c1ccc(OCCCC)cc1. The van der Waals surface area contributed by atoms with Crippen LogP contribution >= 0.6 is 0 Å². The molecule has 1 unspecified atom stereocenters. The van der Waals surface area contributed by atoms with E-state index in [9.17, 15) is 9.18 Å². The third-order valence-corrected chi connectivity index (χ3v) is 4.02. The minimum atomic E-state index is -0.501. The minimum Gasteiger partial charge on any atom is -0.494 e. The molecule has 144 valence electrons. The van der Waals surface area contributed by atoms with E-state index < -0.39 is 12.0 Å². The van der Waals surface area contributed by atoms with E-state index in [0.717, 1.165) is 24.2 Å². The third-order valence-electron chi connectivity index (χ3n) is 4.02. The smallest absolute Gasteiger partial charge is 0.335 e. The Balaban J connectivity index is 2.21. The van der Waals surface area contributed by atoms with Crippen LogP contribution in [0, 0.1) is 5.82 Å². The number of halogens is 1. The van der Waals surface area contributed by atoms with Gasteiger partial charge in [-0.3, -0.25) is 0 Å². The van der Waals surface area contributed by atoms with E-state index in [0.29, 0.717) is 12.3 Å². The van der Waals surface area contributed by atoms with Crippen molar-refractivity contribution in [1.29, 1.82) is 0 Å². The molecule has 2 rings (SSSR count). The lowest BCUT2D eigenvalue weighted by molar-refractivity contribution is -0.138. The Labute approximate surface area is 160 Å². The van der Waals surface area contributed by atoms with Gasteiger partial charge in [0.05, 0.1) is 24.8 Å². The number of benzene rings is 2. The first-order chi connectivity index (χ1) is 13.0. The molecule has 0 heterocycles. The molecule has 27 heavy (non-hydrogen) atoms. The summed E-state index contributed by atoms with van der Waals surface area (Å²) in [7, 11) is 0. The number of nitrogens with one attached hydrogen (secondary N) is 1. The summed E-state index contributed by atoms with van der Waals surface area (Å²) in [5.74, 6) is -0.0234. The van der Waals surface area contributed by atoms with Crippen LogP contribution in [-0.2, 0) is 9.53 Å². The number of hydrogen-bond acceptors (Lipinski definition) is 4. The number of carbonyl (C=O) groups excluding carboxylic acids is 1. The topological polar surface area (TPSA) is 47.6 Å². The Morgan fingerprint density at radius 3 is 2.37 bits per heavy atom. The van der Waals surface area contributed by atoms with Crippen LogP contribution in [0.5, 0.6) is 5.75 Å². The van der Waals surface area contributed by atoms with Crippen LogP contribution in [0.1, 0.15) is 38.3 Å². The monoisotopic (exact) mass is 371 g/mol. The van der Waals surface area contributed by atoms with Gasteiger partial charge in [0.1, 0.15) is 11.6 Å². The molecule has 0 aliphatic carbocycles. The predicted octanol–water partition coefficient (Wildman–Crippen LogP) is 5.28. The molecule has 2 aromatic carbocycles. The molecule has 0 saturated carbocycles. The van der Waals surface area contributed by atoms with Gasteiger partial charge in [-0.05, 0) is 55.3 Å². The minimum absolute atomic E-state index is 0.269. The van der Waals surface area contributed by atoms with E-state index in [1.807, 2.05) is 24.3 Å². The molecule has 0 bridgehead atoms. The van der Waals surface area contributed by atoms with E-state index in [2.05, 4.69) is 18.8 Å². The largest absolute Gasteiger partial charge is 0.494 e. The maximum atomic E-state index is 13.2. The van der Waals surface area contributed by atoms with E-state index in [-0.39, 0.29) is 18.0 Å². The van der Waals surface area contributed by atoms with E-state index in [1.165, 1.54) is 12.1 Å². The van der Waals surface area contributed by atoms with Crippen molar-refractivity contribution in [2.24, 2.45) is 0 Å². The first-order valence-corrected chi connectivity index (χ1v) is 9.16. The zero-order valence-corrected chi connectivity index (χ0v) is 15.8. The Bertz CT molecular complexity index is 741. The Hall–Kier alpha value is -2.82. The molecular formula is C22H26FNO3. The molecule has 4 nitrogen and oxygen atoms in total. The maximum Gasteiger partial charge on any atom is 0.335 e. The number of esters is 1. The van der Waals surface area contributed by atoms with Gasteiger partial charge in [-0.2, -0.15) is 0 Å². The van der Waals surface area contributed by atoms with Crippen LogP contribution in [0.3, 0.4) is 0 Å². The van der Waals surface area contributed by atoms with Crippen molar-refractivity contribution in [3.05, 3.63) is 72.1 Å². The van der Waals surface area contributed by atoms with Gasteiger partial charge in [0.25, 0.3) is 0 Å². The van der Waals surface area contributed by atoms with Crippen LogP contribution in [0.25, 0.3) is 0 Å². The maximum absolute atomic E-state index is 13.2. The van der Waals surface area contributed by atoms with Crippen LogP contribution in [0.4, 0.5) is 10.1 Å². The first-order valence-electron chi connectivity index (χ1n) is 9.16. The molecule has 0 aliphatic heterocycles. The number of anilines is 1. The molecule has 0 spiro atoms. The zero-order valence-electron chi connectivity index (χ0n) is 15.8. The Kier molecular flexibility index (Phi) is 7.86. The average Bonchev–Trinajstić information content (AvgIpc) is 2.68. The van der Waals surface area contributed by atoms with Crippen molar-refractivity contribution >= 4 is 11.7 Å². The summed E-state index contributed by atoms with van der Waals surface area (Å²) in [5, 5.41) is 3.23. The lowest BCUT2D eigenvalue weighted by Crippen LogP contribution is -2.20. The van der Waals surface area contributed by atoms with Crippen molar-refractivity contribution in [2.75, 3.05) is 18.5 Å². The molecule has 0 radical (unpaired) electrons. The fraction of sp³-hybridized carbons (Fsp3) is 0.318. The highest BCUT2D eigenvalue weighted by atomic mass is 19.1. The summed E-state index contributed by atoms with van der Waals surface area (Å²) < 4.78 is 23.9. The van der Waals surface area contributed by atoms with Gasteiger partial charge in [0.2, 0.25) is 0 Å². The standard InChI is InChI=1S/C22H26FNO3/c1-4-6-15-27-20-13-7-17(8-14-20)21(16(3)22(25)26-5-2)24-19-11-9-18(23)10-12-19/h7-14,21,24H,3-6,15H2,1-2H3. The van der Waals surface area contributed by atoms with Crippen molar-refractivity contribution < 1.29 is 18.7 Å². The molecule has 1 N–H and O–H groups in total. The van der Waals surface area contributed by atoms with Crippen LogP contribution in [0.2, 0.25) is 0 Å². The number of unbranched alkanes of at least 4 members (excludes halogenated alkanes) is 1. The summed E-state index contributed by atoms with van der Waals surface area (Å²) in [6, 6.07) is 12.9. The molecule has 0 amide bonds. The molecular weight excluding hydrogens is 345 g/mol. The molecule has 5 heteroatoms. The molecule has 2 aromatic rings. The van der Waals surface area contributed by atoms with Gasteiger partial charge in [0, 0.05) is 5.69 Å². The second kappa shape index (κ2) is 10.4. The van der Waals surface area contributed by atoms with Gasteiger partial charge >= 0.3 is 5.97 Å². The second-order valence-electron chi connectivity index (χ2n) is 6.10. The van der Waals surface area contributed by atoms with Crippen molar-refractivity contribution in [3.63, 3.8) is 0 Å². The predicted molar refractivity (Wildman–Crippen MR) is 105 cm³/mol. The fourth-order valence-electron chi connectivity index (χ4n) is 2.52. The number of ether oxygens (including phenoxy) is 2. The lowest BCUT2D eigenvalue weighted by Gasteiger charge is -2.22. The number of hydrogen-bond donors (Lipinski definition) is 1. The summed E-state index contributed by atoms with van der Waals surface area (Å²) in [6.07, 6.45) is 2.07. The normalized spacial score (nSPS) is 11.5. The number of rotatable bonds is 10. The van der Waals surface area contributed by atoms with Gasteiger partial charge in [-0.15, -0.1) is 0 Å². The quantitative estimate of drug-likeness (QED) is 0.351. The number of carbonyl (C=O) groups is 1. The van der Waals surface area contributed by atoms with E-state index in [1.54, 1.807) is 19.1 Å². The van der Waals surface area contributed by atoms with Gasteiger partial charge in [-0.1, -0.05) is 32.1 Å². The third kappa shape index (κ3) is 6.13. The van der Waals surface area contributed by atoms with Crippen LogP contribution < -0.4 is 10.1 Å². The molecule has 0 aliphatic rings. The molecule has 0 saturated heterocycles.